The van der Waals surface area contributed by atoms with Crippen molar-refractivity contribution in [3.05, 3.63) is 0 Å². The zero-order valence-corrected chi connectivity index (χ0v) is 11.1. The highest BCUT2D eigenvalue weighted by Crippen LogP contribution is 2.32. The van der Waals surface area contributed by atoms with Crippen molar-refractivity contribution in [2.45, 2.75) is 57.4 Å². The number of rotatable bonds is 3. The summed E-state index contributed by atoms with van der Waals surface area (Å²) in [7, 11) is 2.28. The van der Waals surface area contributed by atoms with Crippen molar-refractivity contribution in [1.29, 1.82) is 0 Å². The van der Waals surface area contributed by atoms with Gasteiger partial charge in [0.25, 0.3) is 0 Å². The van der Waals surface area contributed by atoms with Crippen molar-refractivity contribution in [1.82, 2.24) is 10.2 Å². The van der Waals surface area contributed by atoms with Gasteiger partial charge in [0.15, 0.2) is 0 Å². The summed E-state index contributed by atoms with van der Waals surface area (Å²) in [5.74, 6) is 0.935. The van der Waals surface area contributed by atoms with E-state index in [0.29, 0.717) is 5.54 Å². The molecule has 94 valence electrons. The van der Waals surface area contributed by atoms with Crippen LogP contribution in [0.25, 0.3) is 0 Å². The van der Waals surface area contributed by atoms with Gasteiger partial charge < -0.3 is 10.2 Å². The first-order valence-corrected chi connectivity index (χ1v) is 7.18. The fourth-order valence-corrected chi connectivity index (χ4v) is 3.64. The van der Waals surface area contributed by atoms with Gasteiger partial charge in [-0.2, -0.15) is 0 Å². The minimum Gasteiger partial charge on any atom is -0.311 e. The average Bonchev–Trinajstić information content (AvgIpc) is 2.30. The normalized spacial score (nSPS) is 37.5. The highest BCUT2D eigenvalue weighted by atomic mass is 15.1. The van der Waals surface area contributed by atoms with Gasteiger partial charge in [-0.05, 0) is 64.6 Å². The Morgan fingerprint density at radius 3 is 2.81 bits per heavy atom. The van der Waals surface area contributed by atoms with Crippen molar-refractivity contribution in [3.63, 3.8) is 0 Å². The van der Waals surface area contributed by atoms with Crippen LogP contribution >= 0.6 is 0 Å². The summed E-state index contributed by atoms with van der Waals surface area (Å²) in [6, 6.07) is 0. The molecule has 2 saturated heterocycles. The molecule has 2 heterocycles. The molecule has 0 aromatic heterocycles. The topological polar surface area (TPSA) is 15.3 Å². The number of likely N-dealkylation sites (tertiary alicyclic amines) is 1. The Morgan fingerprint density at radius 1 is 1.31 bits per heavy atom. The first-order chi connectivity index (χ1) is 7.74. The molecule has 2 atom stereocenters. The van der Waals surface area contributed by atoms with Crippen LogP contribution in [0.4, 0.5) is 0 Å². The molecule has 2 fully saturated rings. The van der Waals surface area contributed by atoms with Crippen molar-refractivity contribution < 1.29 is 0 Å². The monoisotopic (exact) mass is 224 g/mol. The molecule has 2 rings (SSSR count). The lowest BCUT2D eigenvalue weighted by molar-refractivity contribution is 0.137. The van der Waals surface area contributed by atoms with Gasteiger partial charge in [-0.15, -0.1) is 0 Å². The van der Waals surface area contributed by atoms with Crippen LogP contribution < -0.4 is 5.32 Å². The Balaban J connectivity index is 1.89. The Morgan fingerprint density at radius 2 is 2.19 bits per heavy atom. The van der Waals surface area contributed by atoms with Crippen LogP contribution in [0, 0.1) is 5.92 Å². The largest absolute Gasteiger partial charge is 0.311 e. The van der Waals surface area contributed by atoms with E-state index in [4.69, 9.17) is 0 Å². The molecule has 0 aliphatic carbocycles. The number of hydrogen-bond acceptors (Lipinski definition) is 2. The molecular formula is C14H28N2. The highest BCUT2D eigenvalue weighted by Gasteiger charge is 2.33. The first-order valence-electron chi connectivity index (χ1n) is 7.18. The van der Waals surface area contributed by atoms with Gasteiger partial charge in [-0.3, -0.25) is 0 Å². The Hall–Kier alpha value is -0.0800. The molecule has 2 aliphatic rings. The van der Waals surface area contributed by atoms with Gasteiger partial charge in [0.05, 0.1) is 0 Å². The summed E-state index contributed by atoms with van der Waals surface area (Å²) in [6.07, 6.45) is 9.80. The maximum absolute atomic E-state index is 3.83. The first kappa shape index (κ1) is 12.4. The molecule has 0 aromatic carbocycles. The van der Waals surface area contributed by atoms with E-state index in [0.717, 1.165) is 5.92 Å². The summed E-state index contributed by atoms with van der Waals surface area (Å²) in [6.45, 7) is 6.24. The predicted octanol–water partition coefficient (Wildman–Crippen LogP) is 2.64. The third-order valence-corrected chi connectivity index (χ3v) is 4.66. The second-order valence-corrected chi connectivity index (χ2v) is 5.99. The molecule has 0 spiro atoms. The third-order valence-electron chi connectivity index (χ3n) is 4.66. The third kappa shape index (κ3) is 2.98. The lowest BCUT2D eigenvalue weighted by atomic mass is 9.77. The van der Waals surface area contributed by atoms with Crippen LogP contribution in [-0.4, -0.2) is 37.1 Å². The molecule has 2 heteroatoms. The van der Waals surface area contributed by atoms with Gasteiger partial charge in [-0.1, -0.05) is 13.3 Å². The fraction of sp³-hybridized carbons (Fsp3) is 1.00. The lowest BCUT2D eigenvalue weighted by Crippen LogP contribution is -2.50. The fourth-order valence-electron chi connectivity index (χ4n) is 3.64. The summed E-state index contributed by atoms with van der Waals surface area (Å²) in [5, 5.41) is 3.83. The van der Waals surface area contributed by atoms with Crippen molar-refractivity contribution >= 4 is 0 Å². The minimum atomic E-state index is 0.487. The van der Waals surface area contributed by atoms with E-state index in [2.05, 4.69) is 24.2 Å². The van der Waals surface area contributed by atoms with Crippen molar-refractivity contribution in [2.75, 3.05) is 26.7 Å². The van der Waals surface area contributed by atoms with E-state index in [1.165, 1.54) is 64.6 Å². The second kappa shape index (κ2) is 5.50. The maximum Gasteiger partial charge on any atom is 0.0182 e. The van der Waals surface area contributed by atoms with Crippen LogP contribution in [0.5, 0.6) is 0 Å². The van der Waals surface area contributed by atoms with Gasteiger partial charge in [0.2, 0.25) is 0 Å². The standard InChI is InChI=1S/C14H28N2/c1-3-14(8-4-5-9-15-14)11-13-7-6-10-16(2)12-13/h13,15H,3-12H2,1-2H3. The van der Waals surface area contributed by atoms with Gasteiger partial charge >= 0.3 is 0 Å². The smallest absolute Gasteiger partial charge is 0.0182 e. The van der Waals surface area contributed by atoms with Crippen LogP contribution in [0.2, 0.25) is 0 Å². The van der Waals surface area contributed by atoms with Crippen LogP contribution in [0.15, 0.2) is 0 Å². The molecule has 2 aliphatic heterocycles. The van der Waals surface area contributed by atoms with E-state index < -0.39 is 0 Å². The SMILES string of the molecule is CCC1(CC2CCCN(C)C2)CCCCN1. The van der Waals surface area contributed by atoms with Gasteiger partial charge in [0, 0.05) is 12.1 Å². The van der Waals surface area contributed by atoms with Crippen LogP contribution in [0.3, 0.4) is 0 Å². The number of nitrogens with one attached hydrogen (secondary N) is 1. The molecule has 2 unspecified atom stereocenters. The summed E-state index contributed by atoms with van der Waals surface area (Å²) < 4.78 is 0. The minimum absolute atomic E-state index is 0.487. The van der Waals surface area contributed by atoms with E-state index in [-0.39, 0.29) is 0 Å². The molecule has 0 amide bonds. The lowest BCUT2D eigenvalue weighted by Gasteiger charge is -2.42. The van der Waals surface area contributed by atoms with E-state index in [9.17, 15) is 0 Å². The van der Waals surface area contributed by atoms with Crippen molar-refractivity contribution in [2.24, 2.45) is 5.92 Å². The Bertz CT molecular complexity index is 209. The predicted molar refractivity (Wildman–Crippen MR) is 69.7 cm³/mol. The average molecular weight is 224 g/mol. The summed E-state index contributed by atoms with van der Waals surface area (Å²) in [4.78, 5) is 2.51. The molecule has 2 nitrogen and oxygen atoms in total. The van der Waals surface area contributed by atoms with Crippen molar-refractivity contribution in [3.8, 4) is 0 Å². The molecule has 0 radical (unpaired) electrons. The molecule has 0 bridgehead atoms. The summed E-state index contributed by atoms with van der Waals surface area (Å²) in [5.41, 5.74) is 0.487. The van der Waals surface area contributed by atoms with E-state index in [1.54, 1.807) is 0 Å². The second-order valence-electron chi connectivity index (χ2n) is 5.99. The molecular weight excluding hydrogens is 196 g/mol. The molecule has 16 heavy (non-hydrogen) atoms. The quantitative estimate of drug-likeness (QED) is 0.793. The zero-order chi connectivity index (χ0) is 11.4. The summed E-state index contributed by atoms with van der Waals surface area (Å²) >= 11 is 0. The Labute approximate surface area is 101 Å². The number of nitrogens with zero attached hydrogens (tertiary/aromatic N) is 1. The molecule has 0 saturated carbocycles. The zero-order valence-electron chi connectivity index (χ0n) is 11.1. The molecule has 1 N–H and O–H groups in total. The van der Waals surface area contributed by atoms with E-state index >= 15 is 0 Å². The van der Waals surface area contributed by atoms with Crippen LogP contribution in [0.1, 0.15) is 51.9 Å². The van der Waals surface area contributed by atoms with Gasteiger partial charge in [0.1, 0.15) is 0 Å². The molecule has 0 aromatic rings. The van der Waals surface area contributed by atoms with Gasteiger partial charge in [-0.25, -0.2) is 0 Å². The number of piperidine rings is 2. The van der Waals surface area contributed by atoms with Crippen LogP contribution in [-0.2, 0) is 0 Å². The Kier molecular flexibility index (Phi) is 4.26. The number of hydrogen-bond donors (Lipinski definition) is 1. The highest BCUT2D eigenvalue weighted by molar-refractivity contribution is 4.92. The van der Waals surface area contributed by atoms with E-state index in [1.807, 2.05) is 0 Å². The maximum atomic E-state index is 3.83.